The highest BCUT2D eigenvalue weighted by molar-refractivity contribution is 6.01. The minimum atomic E-state index is -1.22. The quantitative estimate of drug-likeness (QED) is 0.410. The summed E-state index contributed by atoms with van der Waals surface area (Å²) in [6, 6.07) is 23.5. The van der Waals surface area contributed by atoms with E-state index in [9.17, 15) is 14.4 Å². The molecule has 0 aliphatic heterocycles. The fourth-order valence-corrected chi connectivity index (χ4v) is 3.19. The first-order valence-electron chi connectivity index (χ1n) is 10.5. The number of carbonyl (C=O) groups is 3. The first-order valence-corrected chi connectivity index (χ1v) is 10.5. The number of hydrogen-bond acceptors (Lipinski definition) is 4. The van der Waals surface area contributed by atoms with Crippen LogP contribution in [0.25, 0.3) is 6.08 Å². The van der Waals surface area contributed by atoms with Gasteiger partial charge in [-0.2, -0.15) is 0 Å². The highest BCUT2D eigenvalue weighted by Crippen LogP contribution is 2.24. The van der Waals surface area contributed by atoms with Crippen molar-refractivity contribution in [1.29, 1.82) is 0 Å². The first kappa shape index (κ1) is 23.5. The lowest BCUT2D eigenvalue weighted by Gasteiger charge is -2.20. The van der Waals surface area contributed by atoms with E-state index in [1.807, 2.05) is 56.3 Å². The number of aryl methyl sites for hydroxylation is 2. The fourth-order valence-electron chi connectivity index (χ4n) is 3.19. The van der Waals surface area contributed by atoms with Gasteiger partial charge in [-0.15, -0.1) is 0 Å². The van der Waals surface area contributed by atoms with Crippen LogP contribution in [0.4, 0.5) is 5.69 Å². The zero-order chi connectivity index (χ0) is 23.8. The molecule has 6 nitrogen and oxygen atoms in total. The largest absolute Gasteiger partial charge is 0.443 e. The molecule has 3 rings (SSSR count). The third-order valence-electron chi connectivity index (χ3n) is 4.86. The van der Waals surface area contributed by atoms with Gasteiger partial charge in [-0.25, -0.2) is 4.79 Å². The lowest BCUT2D eigenvalue weighted by Crippen LogP contribution is -2.31. The summed E-state index contributed by atoms with van der Waals surface area (Å²) < 4.78 is 5.64. The van der Waals surface area contributed by atoms with Crippen molar-refractivity contribution >= 4 is 29.5 Å². The molecule has 6 heteroatoms. The molecule has 168 valence electrons. The first-order chi connectivity index (χ1) is 15.8. The summed E-state index contributed by atoms with van der Waals surface area (Å²) in [7, 11) is 0. The van der Waals surface area contributed by atoms with Gasteiger partial charge in [-0.05, 0) is 42.7 Å². The molecule has 0 saturated carbocycles. The van der Waals surface area contributed by atoms with Crippen LogP contribution in [0.5, 0.6) is 0 Å². The molecule has 0 aromatic heterocycles. The van der Waals surface area contributed by atoms with Crippen LogP contribution in [-0.4, -0.2) is 17.8 Å². The molecule has 0 heterocycles. The van der Waals surface area contributed by atoms with E-state index in [-0.39, 0.29) is 5.70 Å². The van der Waals surface area contributed by atoms with E-state index in [0.717, 1.165) is 11.1 Å². The van der Waals surface area contributed by atoms with Crippen LogP contribution < -0.4 is 10.6 Å². The molecule has 2 N–H and O–H groups in total. The monoisotopic (exact) mass is 442 g/mol. The van der Waals surface area contributed by atoms with Gasteiger partial charge >= 0.3 is 5.97 Å². The van der Waals surface area contributed by atoms with Crippen molar-refractivity contribution in [3.8, 4) is 0 Å². The lowest BCUT2D eigenvalue weighted by atomic mass is 10.1. The van der Waals surface area contributed by atoms with Gasteiger partial charge in [0.1, 0.15) is 5.70 Å². The molecule has 1 atom stereocenters. The average Bonchev–Trinajstić information content (AvgIpc) is 2.80. The molecule has 0 fully saturated rings. The van der Waals surface area contributed by atoms with E-state index in [2.05, 4.69) is 10.6 Å². The van der Waals surface area contributed by atoms with Crippen LogP contribution in [0.3, 0.4) is 0 Å². The SMILES string of the molecule is CC(=O)NC(=Cc1ccccc1)C(=O)OC(C(=O)Nc1cc(C)ccc1C)c1ccccc1. The van der Waals surface area contributed by atoms with E-state index in [1.165, 1.54) is 13.0 Å². The number of esters is 1. The van der Waals surface area contributed by atoms with Crippen molar-refractivity contribution in [1.82, 2.24) is 5.32 Å². The molecule has 0 aliphatic carbocycles. The lowest BCUT2D eigenvalue weighted by molar-refractivity contribution is -0.151. The molecule has 1 unspecified atom stereocenters. The number of hydrogen-bond donors (Lipinski definition) is 2. The molecule has 33 heavy (non-hydrogen) atoms. The number of ether oxygens (including phenoxy) is 1. The highest BCUT2D eigenvalue weighted by Gasteiger charge is 2.27. The molecule has 3 aromatic carbocycles. The van der Waals surface area contributed by atoms with Gasteiger partial charge in [0.05, 0.1) is 0 Å². The molecule has 3 aromatic rings. The zero-order valence-corrected chi connectivity index (χ0v) is 18.8. The fraction of sp³-hybridized carbons (Fsp3) is 0.148. The summed E-state index contributed by atoms with van der Waals surface area (Å²) in [5.41, 5.74) is 3.66. The van der Waals surface area contributed by atoms with Crippen LogP contribution in [-0.2, 0) is 19.1 Å². The number of rotatable bonds is 7. The molecule has 0 saturated heterocycles. The molecular weight excluding hydrogens is 416 g/mol. The van der Waals surface area contributed by atoms with Gasteiger partial charge in [0.15, 0.2) is 0 Å². The van der Waals surface area contributed by atoms with Gasteiger partial charge in [0.25, 0.3) is 5.91 Å². The summed E-state index contributed by atoms with van der Waals surface area (Å²) in [5.74, 6) is -1.74. The Morgan fingerprint density at radius 1 is 0.879 bits per heavy atom. The van der Waals surface area contributed by atoms with Crippen molar-refractivity contribution < 1.29 is 19.1 Å². The molecule has 2 amide bonds. The Hall–Kier alpha value is -4.19. The molecular formula is C27H26N2O4. The van der Waals surface area contributed by atoms with Crippen molar-refractivity contribution in [2.24, 2.45) is 0 Å². The van der Waals surface area contributed by atoms with Gasteiger partial charge in [0, 0.05) is 18.2 Å². The number of nitrogens with one attached hydrogen (secondary N) is 2. The smallest absolute Gasteiger partial charge is 0.355 e. The van der Waals surface area contributed by atoms with E-state index in [1.54, 1.807) is 36.4 Å². The van der Waals surface area contributed by atoms with E-state index < -0.39 is 23.9 Å². The normalized spacial score (nSPS) is 11.9. The maximum atomic E-state index is 13.2. The number of benzene rings is 3. The summed E-state index contributed by atoms with van der Waals surface area (Å²) in [6.07, 6.45) is 0.292. The van der Waals surface area contributed by atoms with Gasteiger partial charge in [-0.3, -0.25) is 9.59 Å². The minimum Gasteiger partial charge on any atom is -0.443 e. The van der Waals surface area contributed by atoms with Crippen molar-refractivity contribution in [3.05, 3.63) is 107 Å². The van der Waals surface area contributed by atoms with E-state index >= 15 is 0 Å². The summed E-state index contributed by atoms with van der Waals surface area (Å²) in [4.78, 5) is 38.0. The van der Waals surface area contributed by atoms with Gasteiger partial charge in [-0.1, -0.05) is 72.8 Å². The van der Waals surface area contributed by atoms with Crippen LogP contribution in [0.1, 0.15) is 35.3 Å². The van der Waals surface area contributed by atoms with E-state index in [4.69, 9.17) is 4.74 Å². The zero-order valence-electron chi connectivity index (χ0n) is 18.8. The average molecular weight is 443 g/mol. The van der Waals surface area contributed by atoms with Crippen molar-refractivity contribution in [3.63, 3.8) is 0 Å². The topological polar surface area (TPSA) is 84.5 Å². The van der Waals surface area contributed by atoms with Crippen LogP contribution >= 0.6 is 0 Å². The number of amides is 2. The second-order valence-corrected chi connectivity index (χ2v) is 7.65. The Bertz CT molecular complexity index is 1170. The standard InChI is InChI=1S/C27H26N2O4/c1-18-14-15-19(2)23(16-18)29-26(31)25(22-12-8-5-9-13-22)33-27(32)24(28-20(3)30)17-21-10-6-4-7-11-21/h4-17,25H,1-3H3,(H,28,30)(H,29,31). The van der Waals surface area contributed by atoms with Gasteiger partial charge in [0.2, 0.25) is 12.0 Å². The predicted octanol–water partition coefficient (Wildman–Crippen LogP) is 4.70. The third kappa shape index (κ3) is 6.64. The maximum absolute atomic E-state index is 13.2. The van der Waals surface area contributed by atoms with Crippen LogP contribution in [0.15, 0.2) is 84.6 Å². The Morgan fingerprint density at radius 2 is 1.52 bits per heavy atom. The molecule has 0 spiro atoms. The molecule has 0 radical (unpaired) electrons. The summed E-state index contributed by atoms with van der Waals surface area (Å²) >= 11 is 0. The second-order valence-electron chi connectivity index (χ2n) is 7.65. The predicted molar refractivity (Wildman–Crippen MR) is 128 cm³/mol. The summed E-state index contributed by atoms with van der Waals surface area (Å²) in [5, 5.41) is 5.37. The minimum absolute atomic E-state index is 0.0610. The van der Waals surface area contributed by atoms with Crippen molar-refractivity contribution in [2.75, 3.05) is 5.32 Å². The van der Waals surface area contributed by atoms with E-state index in [0.29, 0.717) is 16.8 Å². The Morgan fingerprint density at radius 3 is 2.15 bits per heavy atom. The Kier molecular flexibility index (Phi) is 7.76. The van der Waals surface area contributed by atoms with Crippen molar-refractivity contribution in [2.45, 2.75) is 26.9 Å². The van der Waals surface area contributed by atoms with Gasteiger partial charge < -0.3 is 15.4 Å². The Balaban J connectivity index is 1.91. The number of carbonyl (C=O) groups excluding carboxylic acids is 3. The van der Waals surface area contributed by atoms with Crippen LogP contribution in [0, 0.1) is 13.8 Å². The maximum Gasteiger partial charge on any atom is 0.355 e. The Labute approximate surface area is 193 Å². The molecule has 0 aliphatic rings. The summed E-state index contributed by atoms with van der Waals surface area (Å²) in [6.45, 7) is 5.11. The molecule has 0 bridgehead atoms. The third-order valence-corrected chi connectivity index (χ3v) is 4.86. The highest BCUT2D eigenvalue weighted by atomic mass is 16.5. The number of anilines is 1. The second kappa shape index (κ2) is 10.9. The van der Waals surface area contributed by atoms with Crippen LogP contribution in [0.2, 0.25) is 0 Å².